The van der Waals surface area contributed by atoms with Crippen LogP contribution in [-0.4, -0.2) is 29.1 Å². The number of hydrogen-bond donors (Lipinski definition) is 1. The zero-order chi connectivity index (χ0) is 14.6. The highest BCUT2D eigenvalue weighted by molar-refractivity contribution is 5.85. The molecule has 0 aliphatic carbocycles. The molecule has 1 aromatic carbocycles. The molecule has 0 aromatic heterocycles. The maximum atomic E-state index is 10.7. The van der Waals surface area contributed by atoms with Crippen LogP contribution in [0.1, 0.15) is 37.8 Å². The topological polar surface area (TPSA) is 40.5 Å². The van der Waals surface area contributed by atoms with Crippen molar-refractivity contribution in [3.8, 4) is 0 Å². The van der Waals surface area contributed by atoms with E-state index < -0.39 is 5.97 Å². The van der Waals surface area contributed by atoms with Gasteiger partial charge in [0, 0.05) is 19.2 Å². The summed E-state index contributed by atoms with van der Waals surface area (Å²) in [6, 6.07) is 8.03. The van der Waals surface area contributed by atoms with Crippen molar-refractivity contribution in [2.24, 2.45) is 5.41 Å². The zero-order valence-electron chi connectivity index (χ0n) is 12.3. The van der Waals surface area contributed by atoms with E-state index >= 15 is 0 Å². The van der Waals surface area contributed by atoms with Gasteiger partial charge in [0.25, 0.3) is 0 Å². The maximum Gasteiger partial charge on any atom is 0.328 e. The van der Waals surface area contributed by atoms with Crippen LogP contribution in [0.4, 0.5) is 0 Å². The van der Waals surface area contributed by atoms with Crippen LogP contribution in [0.5, 0.6) is 0 Å². The van der Waals surface area contributed by atoms with Crippen LogP contribution in [0.25, 0.3) is 6.08 Å². The highest BCUT2D eigenvalue weighted by Gasteiger charge is 2.26. The van der Waals surface area contributed by atoms with Crippen molar-refractivity contribution in [2.45, 2.75) is 33.2 Å². The Bertz CT molecular complexity index is 505. The third-order valence-corrected chi connectivity index (χ3v) is 3.83. The molecule has 2 rings (SSSR count). The van der Waals surface area contributed by atoms with Crippen molar-refractivity contribution in [1.82, 2.24) is 4.90 Å². The second-order valence-corrected chi connectivity index (χ2v) is 6.35. The first kappa shape index (κ1) is 14.8. The molecule has 1 heterocycles. The molecule has 0 bridgehead atoms. The summed E-state index contributed by atoms with van der Waals surface area (Å²) in [5.41, 5.74) is 2.57. The van der Waals surface area contributed by atoms with Crippen molar-refractivity contribution in [2.75, 3.05) is 13.1 Å². The van der Waals surface area contributed by atoms with Gasteiger partial charge in [-0.2, -0.15) is 0 Å². The van der Waals surface area contributed by atoms with Crippen LogP contribution >= 0.6 is 0 Å². The predicted octanol–water partition coefficient (Wildman–Crippen LogP) is 3.41. The van der Waals surface area contributed by atoms with E-state index in [-0.39, 0.29) is 0 Å². The van der Waals surface area contributed by atoms with Crippen LogP contribution in [0, 0.1) is 5.41 Å². The van der Waals surface area contributed by atoms with E-state index in [0.29, 0.717) is 5.41 Å². The standard InChI is InChI=1S/C17H23NO2/c1-17(2)10-5-11-18(13-17)12-15-7-4-3-6-14(15)8-9-16(19)20/h3-4,6-9H,5,10-13H2,1-2H3,(H,19,20). The Morgan fingerprint density at radius 1 is 1.40 bits per heavy atom. The number of carboxylic acid groups (broad SMARTS) is 1. The molecule has 1 aromatic rings. The van der Waals surface area contributed by atoms with Gasteiger partial charge in [0.2, 0.25) is 0 Å². The molecule has 0 amide bonds. The lowest BCUT2D eigenvalue weighted by molar-refractivity contribution is -0.131. The summed E-state index contributed by atoms with van der Waals surface area (Å²) in [5, 5.41) is 8.76. The number of nitrogens with zero attached hydrogens (tertiary/aromatic N) is 1. The predicted molar refractivity (Wildman–Crippen MR) is 81.4 cm³/mol. The molecule has 20 heavy (non-hydrogen) atoms. The molecule has 1 aliphatic rings. The third kappa shape index (κ3) is 4.20. The number of rotatable bonds is 4. The lowest BCUT2D eigenvalue weighted by Crippen LogP contribution is -2.39. The highest BCUT2D eigenvalue weighted by atomic mass is 16.4. The van der Waals surface area contributed by atoms with Crippen LogP contribution < -0.4 is 0 Å². The van der Waals surface area contributed by atoms with Gasteiger partial charge in [0.1, 0.15) is 0 Å². The molecule has 0 spiro atoms. The van der Waals surface area contributed by atoms with Gasteiger partial charge in [-0.3, -0.25) is 4.90 Å². The number of carbonyl (C=O) groups is 1. The number of benzene rings is 1. The quantitative estimate of drug-likeness (QED) is 0.855. The zero-order valence-corrected chi connectivity index (χ0v) is 12.3. The Kier molecular flexibility index (Phi) is 4.61. The van der Waals surface area contributed by atoms with Crippen molar-refractivity contribution >= 4 is 12.0 Å². The molecule has 0 unspecified atom stereocenters. The van der Waals surface area contributed by atoms with Gasteiger partial charge in [0.05, 0.1) is 0 Å². The van der Waals surface area contributed by atoms with E-state index in [1.807, 2.05) is 18.2 Å². The van der Waals surface area contributed by atoms with Gasteiger partial charge in [-0.1, -0.05) is 38.1 Å². The minimum atomic E-state index is -0.904. The van der Waals surface area contributed by atoms with Gasteiger partial charge in [0.15, 0.2) is 0 Å². The third-order valence-electron chi connectivity index (χ3n) is 3.83. The molecule has 1 N–H and O–H groups in total. The fourth-order valence-electron chi connectivity index (χ4n) is 2.92. The molecule has 108 valence electrons. The minimum Gasteiger partial charge on any atom is -0.478 e. The van der Waals surface area contributed by atoms with Gasteiger partial charge < -0.3 is 5.11 Å². The molecule has 3 nitrogen and oxygen atoms in total. The van der Waals surface area contributed by atoms with E-state index in [2.05, 4.69) is 24.8 Å². The number of likely N-dealkylation sites (tertiary alicyclic amines) is 1. The molecule has 0 radical (unpaired) electrons. The number of piperidine rings is 1. The largest absolute Gasteiger partial charge is 0.478 e. The second-order valence-electron chi connectivity index (χ2n) is 6.35. The van der Waals surface area contributed by atoms with Crippen molar-refractivity contribution in [3.05, 3.63) is 41.5 Å². The minimum absolute atomic E-state index is 0.379. The lowest BCUT2D eigenvalue weighted by Gasteiger charge is -2.38. The first-order valence-electron chi connectivity index (χ1n) is 7.18. The van der Waals surface area contributed by atoms with Crippen LogP contribution in [0.2, 0.25) is 0 Å². The Labute approximate surface area is 120 Å². The summed E-state index contributed by atoms with van der Waals surface area (Å²) in [4.78, 5) is 13.1. The van der Waals surface area contributed by atoms with Crippen molar-refractivity contribution in [1.29, 1.82) is 0 Å². The molecule has 1 fully saturated rings. The smallest absolute Gasteiger partial charge is 0.328 e. The van der Waals surface area contributed by atoms with Gasteiger partial charge in [-0.05, 0) is 42.0 Å². The average molecular weight is 273 g/mol. The average Bonchev–Trinajstić information content (AvgIpc) is 2.36. The summed E-state index contributed by atoms with van der Waals surface area (Å²) < 4.78 is 0. The van der Waals surface area contributed by atoms with Crippen LogP contribution in [0.15, 0.2) is 30.3 Å². The summed E-state index contributed by atoms with van der Waals surface area (Å²) in [6.07, 6.45) is 5.41. The molecule has 3 heteroatoms. The van der Waals surface area contributed by atoms with Crippen molar-refractivity contribution < 1.29 is 9.90 Å². The fourth-order valence-corrected chi connectivity index (χ4v) is 2.92. The van der Waals surface area contributed by atoms with E-state index in [1.54, 1.807) is 6.08 Å². The van der Waals surface area contributed by atoms with Gasteiger partial charge >= 0.3 is 5.97 Å². The maximum absolute atomic E-state index is 10.7. The number of carboxylic acids is 1. The SMILES string of the molecule is CC1(C)CCCN(Cc2ccccc2C=CC(=O)O)C1. The lowest BCUT2D eigenvalue weighted by atomic mass is 9.84. The Balaban J connectivity index is 2.11. The number of hydrogen-bond acceptors (Lipinski definition) is 2. The first-order chi connectivity index (χ1) is 9.46. The molecular formula is C17H23NO2. The Morgan fingerprint density at radius 3 is 2.85 bits per heavy atom. The monoisotopic (exact) mass is 273 g/mol. The van der Waals surface area contributed by atoms with E-state index in [9.17, 15) is 4.79 Å². The normalized spacial score (nSPS) is 19.3. The van der Waals surface area contributed by atoms with E-state index in [4.69, 9.17) is 5.11 Å². The van der Waals surface area contributed by atoms with Gasteiger partial charge in [-0.25, -0.2) is 4.79 Å². The molecule has 1 aliphatic heterocycles. The van der Waals surface area contributed by atoms with Crippen LogP contribution in [-0.2, 0) is 11.3 Å². The molecule has 1 saturated heterocycles. The van der Waals surface area contributed by atoms with Crippen molar-refractivity contribution in [3.63, 3.8) is 0 Å². The fraction of sp³-hybridized carbons (Fsp3) is 0.471. The summed E-state index contributed by atoms with van der Waals surface area (Å²) in [7, 11) is 0. The van der Waals surface area contributed by atoms with Gasteiger partial charge in [-0.15, -0.1) is 0 Å². The first-order valence-corrected chi connectivity index (χ1v) is 7.18. The second kappa shape index (κ2) is 6.23. The summed E-state index contributed by atoms with van der Waals surface area (Å²) in [5.74, 6) is -0.904. The highest BCUT2D eigenvalue weighted by Crippen LogP contribution is 2.29. The summed E-state index contributed by atoms with van der Waals surface area (Å²) in [6.45, 7) is 7.75. The Morgan fingerprint density at radius 2 is 2.15 bits per heavy atom. The Hall–Kier alpha value is -1.61. The van der Waals surface area contributed by atoms with Crippen LogP contribution in [0.3, 0.4) is 0 Å². The molecular weight excluding hydrogens is 250 g/mol. The number of aliphatic carboxylic acids is 1. The van der Waals surface area contributed by atoms with E-state index in [1.165, 1.54) is 24.5 Å². The molecule has 0 atom stereocenters. The molecule has 0 saturated carbocycles. The van der Waals surface area contributed by atoms with E-state index in [0.717, 1.165) is 25.2 Å². The summed E-state index contributed by atoms with van der Waals surface area (Å²) >= 11 is 0.